The van der Waals surface area contributed by atoms with Crippen LogP contribution in [0.15, 0.2) is 73.5 Å². The summed E-state index contributed by atoms with van der Waals surface area (Å²) in [5, 5.41) is 20.8. The Hall–Kier alpha value is -6.12. The standard InChI is InChI=1S/C28H23N7O8/c1-13(16-5-7-17(8-6-16)26(40)41)32-24(38)18-10-19(35-27(33-18)34-43-28(35)42)25(39)31-12-15-4-2-3-14(9-15)11-30-21-20(29)22(36)23(21)37/h2-10,13,30H,11-12,29H2,1H3,(H,31,39)(H,32,38)(H,40,41)/t13-/m0/s1. The molecule has 5 rings (SSSR count). The second-order valence-electron chi connectivity index (χ2n) is 9.54. The molecule has 0 saturated heterocycles. The summed E-state index contributed by atoms with van der Waals surface area (Å²) in [6, 6.07) is 13.5. The van der Waals surface area contributed by atoms with E-state index in [2.05, 4.69) is 30.6 Å². The van der Waals surface area contributed by atoms with Crippen LogP contribution in [0.2, 0.25) is 0 Å². The number of carbonyl (C=O) groups is 3. The average molecular weight is 586 g/mol. The van der Waals surface area contributed by atoms with Gasteiger partial charge in [0, 0.05) is 13.1 Å². The lowest BCUT2D eigenvalue weighted by Crippen LogP contribution is -2.36. The molecular weight excluding hydrogens is 562 g/mol. The molecule has 1 atom stereocenters. The van der Waals surface area contributed by atoms with Gasteiger partial charge in [-0.2, -0.15) is 0 Å². The number of carbonyl (C=O) groups excluding carboxylic acids is 2. The number of nitrogen functional groups attached to an aromatic ring is 1. The molecule has 0 aliphatic heterocycles. The minimum Gasteiger partial charge on any atom is -0.478 e. The maximum atomic E-state index is 13.2. The van der Waals surface area contributed by atoms with Crippen molar-refractivity contribution in [3.63, 3.8) is 0 Å². The Kier molecular flexibility index (Phi) is 7.53. The number of nitrogens with two attached hydrogens (primary N) is 1. The minimum atomic E-state index is -1.08. The molecule has 2 heterocycles. The number of rotatable bonds is 10. The van der Waals surface area contributed by atoms with Crippen molar-refractivity contribution in [3.8, 4) is 0 Å². The summed E-state index contributed by atoms with van der Waals surface area (Å²) in [4.78, 5) is 76.5. The fourth-order valence-electron chi connectivity index (χ4n) is 4.30. The molecule has 0 aliphatic rings. The van der Waals surface area contributed by atoms with E-state index in [-0.39, 0.29) is 47.2 Å². The van der Waals surface area contributed by atoms with Crippen molar-refractivity contribution in [3.05, 3.63) is 119 Å². The Morgan fingerprint density at radius 2 is 1.67 bits per heavy atom. The van der Waals surface area contributed by atoms with Gasteiger partial charge in [-0.3, -0.25) is 23.7 Å². The summed E-state index contributed by atoms with van der Waals surface area (Å²) < 4.78 is 5.48. The van der Waals surface area contributed by atoms with E-state index in [0.29, 0.717) is 11.1 Å². The molecule has 15 heteroatoms. The molecule has 2 amide bonds. The summed E-state index contributed by atoms with van der Waals surface area (Å²) >= 11 is 0. The first-order chi connectivity index (χ1) is 20.5. The van der Waals surface area contributed by atoms with Gasteiger partial charge < -0.3 is 26.8 Å². The highest BCUT2D eigenvalue weighted by Gasteiger charge is 2.22. The predicted molar refractivity (Wildman–Crippen MR) is 152 cm³/mol. The van der Waals surface area contributed by atoms with E-state index in [1.807, 2.05) is 0 Å². The molecule has 43 heavy (non-hydrogen) atoms. The van der Waals surface area contributed by atoms with Crippen LogP contribution < -0.4 is 38.3 Å². The first-order valence-electron chi connectivity index (χ1n) is 12.8. The van der Waals surface area contributed by atoms with Crippen molar-refractivity contribution in [2.45, 2.75) is 26.1 Å². The third kappa shape index (κ3) is 5.72. The van der Waals surface area contributed by atoms with E-state index in [0.717, 1.165) is 16.0 Å². The molecule has 0 radical (unpaired) electrons. The zero-order valence-corrected chi connectivity index (χ0v) is 22.4. The number of nitrogens with zero attached hydrogens (tertiary/aromatic N) is 3. The van der Waals surface area contributed by atoms with E-state index in [9.17, 15) is 28.8 Å². The van der Waals surface area contributed by atoms with Gasteiger partial charge in [-0.25, -0.2) is 19.0 Å². The number of hydrogen-bond acceptors (Lipinski definition) is 11. The lowest BCUT2D eigenvalue weighted by Gasteiger charge is -2.15. The number of hydrogen-bond donors (Lipinski definition) is 5. The van der Waals surface area contributed by atoms with Gasteiger partial charge in [0.25, 0.3) is 28.4 Å². The highest BCUT2D eigenvalue weighted by molar-refractivity contribution is 5.98. The van der Waals surface area contributed by atoms with E-state index in [1.54, 1.807) is 43.3 Å². The van der Waals surface area contributed by atoms with Crippen LogP contribution in [0.3, 0.4) is 0 Å². The molecule has 5 aromatic rings. The molecule has 0 unspecified atom stereocenters. The zero-order chi connectivity index (χ0) is 30.8. The summed E-state index contributed by atoms with van der Waals surface area (Å²) in [7, 11) is 0. The van der Waals surface area contributed by atoms with Crippen LogP contribution in [-0.2, 0) is 13.1 Å². The van der Waals surface area contributed by atoms with E-state index in [4.69, 9.17) is 10.8 Å². The Labute approximate surface area is 240 Å². The van der Waals surface area contributed by atoms with Crippen molar-refractivity contribution < 1.29 is 24.0 Å². The largest absolute Gasteiger partial charge is 0.478 e. The number of aromatic carboxylic acids is 1. The highest BCUT2D eigenvalue weighted by Crippen LogP contribution is 2.16. The third-order valence-corrected chi connectivity index (χ3v) is 6.65. The van der Waals surface area contributed by atoms with E-state index >= 15 is 0 Å². The van der Waals surface area contributed by atoms with Crippen molar-refractivity contribution in [2.24, 2.45) is 0 Å². The SMILES string of the molecule is C[C@H](NC(=O)c1cc(C(=O)NCc2cccc(CNc3c(N)c(=O)c3=O)c2)n2c(=O)onc2n1)c1ccc(C(=O)O)cc1. The van der Waals surface area contributed by atoms with Crippen LogP contribution in [0.1, 0.15) is 61.0 Å². The maximum absolute atomic E-state index is 13.2. The second kappa shape index (κ2) is 11.4. The van der Waals surface area contributed by atoms with Gasteiger partial charge in [0.05, 0.1) is 11.6 Å². The van der Waals surface area contributed by atoms with Crippen LogP contribution in [-0.4, -0.2) is 37.4 Å². The second-order valence-corrected chi connectivity index (χ2v) is 9.54. The molecule has 0 spiro atoms. The topological polar surface area (TPSA) is 228 Å². The van der Waals surface area contributed by atoms with Gasteiger partial charge in [0.2, 0.25) is 0 Å². The van der Waals surface area contributed by atoms with Gasteiger partial charge in [0.1, 0.15) is 22.8 Å². The van der Waals surface area contributed by atoms with Crippen molar-refractivity contribution >= 4 is 34.9 Å². The van der Waals surface area contributed by atoms with Gasteiger partial charge in [0.15, 0.2) is 0 Å². The number of benzene rings is 2. The number of carboxylic acid groups (broad SMARTS) is 1. The van der Waals surface area contributed by atoms with E-state index in [1.165, 1.54) is 12.1 Å². The summed E-state index contributed by atoms with van der Waals surface area (Å²) in [5.41, 5.74) is 5.78. The molecule has 0 aliphatic carbocycles. The normalized spacial score (nSPS) is 11.7. The molecular formula is C28H23N7O8. The van der Waals surface area contributed by atoms with Crippen LogP contribution in [0.5, 0.6) is 0 Å². The van der Waals surface area contributed by atoms with Gasteiger partial charge in [-0.15, -0.1) is 0 Å². The fraction of sp³-hybridized carbons (Fsp3) is 0.143. The highest BCUT2D eigenvalue weighted by atomic mass is 16.5. The minimum absolute atomic E-state index is 0.0314. The fourth-order valence-corrected chi connectivity index (χ4v) is 4.30. The maximum Gasteiger partial charge on any atom is 0.448 e. The lowest BCUT2D eigenvalue weighted by atomic mass is 10.1. The summed E-state index contributed by atoms with van der Waals surface area (Å²) in [6.45, 7) is 1.92. The van der Waals surface area contributed by atoms with Gasteiger partial charge in [-0.1, -0.05) is 36.4 Å². The molecule has 218 valence electrons. The average Bonchev–Trinajstić information content (AvgIpc) is 3.39. The Morgan fingerprint density at radius 3 is 2.35 bits per heavy atom. The van der Waals surface area contributed by atoms with Gasteiger partial charge >= 0.3 is 11.7 Å². The number of nitrogens with one attached hydrogen (secondary N) is 3. The monoisotopic (exact) mass is 585 g/mol. The predicted octanol–water partition coefficient (Wildman–Crippen LogP) is 0.592. The molecule has 3 aromatic carbocycles. The van der Waals surface area contributed by atoms with Crippen molar-refractivity contribution in [1.82, 2.24) is 25.2 Å². The quantitative estimate of drug-likeness (QED) is 0.142. The summed E-state index contributed by atoms with van der Waals surface area (Å²) in [5.74, 6) is -3.75. The number of carboxylic acids is 1. The third-order valence-electron chi connectivity index (χ3n) is 6.65. The van der Waals surface area contributed by atoms with Crippen LogP contribution >= 0.6 is 0 Å². The number of amides is 2. The summed E-state index contributed by atoms with van der Waals surface area (Å²) in [6.07, 6.45) is 0. The molecule has 2 aromatic heterocycles. The first kappa shape index (κ1) is 28.4. The zero-order valence-electron chi connectivity index (χ0n) is 22.4. The Balaban J connectivity index is 1.30. The van der Waals surface area contributed by atoms with Crippen LogP contribution in [0, 0.1) is 0 Å². The Morgan fingerprint density at radius 1 is 0.977 bits per heavy atom. The molecule has 0 saturated carbocycles. The van der Waals surface area contributed by atoms with Crippen molar-refractivity contribution in [2.75, 3.05) is 11.1 Å². The smallest absolute Gasteiger partial charge is 0.448 e. The molecule has 15 nitrogen and oxygen atoms in total. The molecule has 6 N–H and O–H groups in total. The number of anilines is 2. The Bertz CT molecular complexity index is 2020. The van der Waals surface area contributed by atoms with Gasteiger partial charge in [-0.05, 0) is 47.0 Å². The number of aromatic nitrogens is 3. The van der Waals surface area contributed by atoms with E-state index < -0.39 is 40.4 Å². The van der Waals surface area contributed by atoms with Crippen LogP contribution in [0.4, 0.5) is 11.4 Å². The first-order valence-corrected chi connectivity index (χ1v) is 12.8. The lowest BCUT2D eigenvalue weighted by molar-refractivity contribution is 0.0696. The molecule has 0 bridgehead atoms. The van der Waals surface area contributed by atoms with Crippen LogP contribution in [0.25, 0.3) is 5.78 Å². The number of fused-ring (bicyclic) bond motifs is 1. The van der Waals surface area contributed by atoms with Crippen molar-refractivity contribution in [1.29, 1.82) is 0 Å². The molecule has 0 fully saturated rings.